The molecule has 0 saturated carbocycles. The van der Waals surface area contributed by atoms with Crippen molar-refractivity contribution in [3.63, 3.8) is 0 Å². The molecule has 67 heavy (non-hydrogen) atoms. The Balaban J connectivity index is 2.50. The summed E-state index contributed by atoms with van der Waals surface area (Å²) >= 11 is 0. The van der Waals surface area contributed by atoms with E-state index in [0.29, 0.717) is 0 Å². The zero-order chi connectivity index (χ0) is 48.0. The summed E-state index contributed by atoms with van der Waals surface area (Å²) in [6.07, 6.45) is 82.4. The van der Waals surface area contributed by atoms with E-state index in [1.54, 1.807) is 16.7 Å². The van der Waals surface area contributed by atoms with Crippen LogP contribution >= 0.6 is 0 Å². The van der Waals surface area contributed by atoms with Crippen molar-refractivity contribution >= 4 is 0 Å². The second-order valence-corrected chi connectivity index (χ2v) is 22.7. The third-order valence-electron chi connectivity index (χ3n) is 15.9. The molecule has 0 aliphatic heterocycles. The third-order valence-corrected chi connectivity index (χ3v) is 15.9. The maximum atomic E-state index is 2.71. The Labute approximate surface area is 426 Å². The summed E-state index contributed by atoms with van der Waals surface area (Å²) in [5.41, 5.74) is 7.02. The minimum Gasteiger partial charge on any atom is -0.0654 e. The highest BCUT2D eigenvalue weighted by molar-refractivity contribution is 5.40. The molecule has 1 aromatic rings. The summed E-state index contributed by atoms with van der Waals surface area (Å²) in [7, 11) is 0. The van der Waals surface area contributed by atoms with Crippen molar-refractivity contribution in [2.75, 3.05) is 0 Å². The van der Waals surface area contributed by atoms with Gasteiger partial charge in [0.25, 0.3) is 0 Å². The Morgan fingerprint density at radius 3 is 0.567 bits per heavy atom. The fourth-order valence-corrected chi connectivity index (χ4v) is 11.3. The Morgan fingerprint density at radius 2 is 0.358 bits per heavy atom. The van der Waals surface area contributed by atoms with E-state index in [9.17, 15) is 0 Å². The van der Waals surface area contributed by atoms with E-state index < -0.39 is 0 Å². The summed E-state index contributed by atoms with van der Waals surface area (Å²) in [4.78, 5) is 0. The number of aryl methyl sites for hydroxylation is 3. The average molecular weight is 934 g/mol. The lowest BCUT2D eigenvalue weighted by Crippen LogP contribution is -2.05. The quantitative estimate of drug-likeness (QED) is 0.0571. The molecule has 0 bridgehead atoms. The van der Waals surface area contributed by atoms with Crippen LogP contribution in [-0.2, 0) is 25.7 Å². The third kappa shape index (κ3) is 44.9. The molecule has 0 fully saturated rings. The SMILES string of the molecule is CCCCCCCCCCCCCCCCCCCc1cc(CCCC)cc(CCCCCCCCCCCCCCCCCCC)c1CCCCCCCCCCCCCCCCCCC. The van der Waals surface area contributed by atoms with E-state index in [-0.39, 0.29) is 0 Å². The van der Waals surface area contributed by atoms with Gasteiger partial charge in [-0.1, -0.05) is 354 Å². The molecule has 0 heteroatoms. The van der Waals surface area contributed by atoms with E-state index in [1.165, 1.54) is 366 Å². The summed E-state index contributed by atoms with van der Waals surface area (Å²) < 4.78 is 0. The van der Waals surface area contributed by atoms with Gasteiger partial charge in [0.05, 0.1) is 0 Å². The second-order valence-electron chi connectivity index (χ2n) is 22.7. The molecule has 396 valence electrons. The van der Waals surface area contributed by atoms with Crippen molar-refractivity contribution in [1.29, 1.82) is 0 Å². The van der Waals surface area contributed by atoms with E-state index in [1.807, 2.05) is 5.56 Å². The fourth-order valence-electron chi connectivity index (χ4n) is 11.3. The Kier molecular flexibility index (Phi) is 52.3. The van der Waals surface area contributed by atoms with Gasteiger partial charge in [-0.25, -0.2) is 0 Å². The maximum Gasteiger partial charge on any atom is -0.0273 e. The van der Waals surface area contributed by atoms with Crippen LogP contribution in [0.25, 0.3) is 0 Å². The minimum atomic E-state index is 1.29. The molecule has 0 spiro atoms. The topological polar surface area (TPSA) is 0 Å². The van der Waals surface area contributed by atoms with Crippen LogP contribution in [0.3, 0.4) is 0 Å². The van der Waals surface area contributed by atoms with Crippen LogP contribution in [0.4, 0.5) is 0 Å². The first kappa shape index (κ1) is 64.2. The van der Waals surface area contributed by atoms with Crippen LogP contribution in [-0.4, -0.2) is 0 Å². The lowest BCUT2D eigenvalue weighted by atomic mass is 9.87. The predicted molar refractivity (Wildman–Crippen MR) is 309 cm³/mol. The molecule has 1 rings (SSSR count). The van der Waals surface area contributed by atoms with Crippen LogP contribution in [0, 0.1) is 0 Å². The lowest BCUT2D eigenvalue weighted by Gasteiger charge is -2.18. The van der Waals surface area contributed by atoms with Crippen molar-refractivity contribution in [3.8, 4) is 0 Å². The normalized spacial score (nSPS) is 11.7. The monoisotopic (exact) mass is 933 g/mol. The van der Waals surface area contributed by atoms with Gasteiger partial charge in [-0.15, -0.1) is 0 Å². The highest BCUT2D eigenvalue weighted by atomic mass is 14.2. The van der Waals surface area contributed by atoms with Gasteiger partial charge < -0.3 is 0 Å². The fraction of sp³-hybridized carbons (Fsp3) is 0.910. The standard InChI is InChI=1S/C67H128/c1-5-9-13-16-19-22-25-28-31-34-37-40-43-46-49-52-55-59-65-62-64(58-12-8-4)63-66(60-56-53-50-47-44-41-38-35-32-29-26-23-20-17-14-10-6-2)67(65)61-57-54-51-48-45-42-39-36-33-30-27-24-21-18-15-11-7-3/h62-63H,5-61H2,1-4H3. The highest BCUT2D eigenvalue weighted by Crippen LogP contribution is 2.27. The second kappa shape index (κ2) is 54.6. The predicted octanol–water partition coefficient (Wildman–Crippen LogP) is 24.6. The van der Waals surface area contributed by atoms with Gasteiger partial charge in [-0.05, 0) is 73.6 Å². The number of hydrogen-bond donors (Lipinski definition) is 0. The number of hydrogen-bond acceptors (Lipinski definition) is 0. The molecule has 0 amide bonds. The van der Waals surface area contributed by atoms with Crippen LogP contribution in [0.1, 0.15) is 390 Å². The average Bonchev–Trinajstić information content (AvgIpc) is 3.34. The molecule has 0 aliphatic rings. The van der Waals surface area contributed by atoms with Gasteiger partial charge in [0.1, 0.15) is 0 Å². The van der Waals surface area contributed by atoms with Gasteiger partial charge >= 0.3 is 0 Å². The van der Waals surface area contributed by atoms with Crippen molar-refractivity contribution < 1.29 is 0 Å². The van der Waals surface area contributed by atoms with Gasteiger partial charge in [0, 0.05) is 0 Å². The lowest BCUT2D eigenvalue weighted by molar-refractivity contribution is 0.525. The molecule has 0 heterocycles. The van der Waals surface area contributed by atoms with Gasteiger partial charge in [-0.2, -0.15) is 0 Å². The molecule has 0 unspecified atom stereocenters. The first-order valence-corrected chi connectivity index (χ1v) is 32.4. The summed E-state index contributed by atoms with van der Waals surface area (Å²) in [5.74, 6) is 0. The zero-order valence-corrected chi connectivity index (χ0v) is 47.5. The molecular formula is C67H128. The molecular weight excluding hydrogens is 805 g/mol. The van der Waals surface area contributed by atoms with Crippen LogP contribution in [0.15, 0.2) is 12.1 Å². The van der Waals surface area contributed by atoms with Gasteiger partial charge in [-0.3, -0.25) is 0 Å². The maximum absolute atomic E-state index is 2.71. The van der Waals surface area contributed by atoms with Gasteiger partial charge in [0.2, 0.25) is 0 Å². The number of benzene rings is 1. The van der Waals surface area contributed by atoms with E-state index in [4.69, 9.17) is 0 Å². The Hall–Kier alpha value is -0.780. The van der Waals surface area contributed by atoms with Gasteiger partial charge in [0.15, 0.2) is 0 Å². The summed E-state index contributed by atoms with van der Waals surface area (Å²) in [6, 6.07) is 5.42. The van der Waals surface area contributed by atoms with Crippen molar-refractivity contribution in [2.24, 2.45) is 0 Å². The van der Waals surface area contributed by atoms with Crippen LogP contribution in [0.2, 0.25) is 0 Å². The molecule has 0 atom stereocenters. The van der Waals surface area contributed by atoms with Crippen molar-refractivity contribution in [2.45, 2.75) is 394 Å². The molecule has 0 nitrogen and oxygen atoms in total. The molecule has 0 N–H and O–H groups in total. The van der Waals surface area contributed by atoms with Crippen molar-refractivity contribution in [3.05, 3.63) is 34.4 Å². The number of rotatable bonds is 57. The largest absolute Gasteiger partial charge is 0.0654 e. The van der Waals surface area contributed by atoms with Crippen molar-refractivity contribution in [1.82, 2.24) is 0 Å². The Bertz CT molecular complexity index is 1010. The molecule has 0 aliphatic carbocycles. The highest BCUT2D eigenvalue weighted by Gasteiger charge is 2.12. The molecule has 1 aromatic carbocycles. The number of unbranched alkanes of at least 4 members (excludes halogenated alkanes) is 49. The summed E-state index contributed by atoms with van der Waals surface area (Å²) in [6.45, 7) is 9.35. The van der Waals surface area contributed by atoms with E-state index >= 15 is 0 Å². The van der Waals surface area contributed by atoms with E-state index in [2.05, 4.69) is 39.8 Å². The minimum absolute atomic E-state index is 1.29. The first-order chi connectivity index (χ1) is 33.3. The van der Waals surface area contributed by atoms with E-state index in [0.717, 1.165) is 0 Å². The summed E-state index contributed by atoms with van der Waals surface area (Å²) in [5, 5.41) is 0. The molecule has 0 aromatic heterocycles. The zero-order valence-electron chi connectivity index (χ0n) is 47.5. The smallest absolute Gasteiger partial charge is 0.0273 e. The first-order valence-electron chi connectivity index (χ1n) is 32.4. The molecule has 0 saturated heterocycles. The Morgan fingerprint density at radius 1 is 0.179 bits per heavy atom. The molecule has 0 radical (unpaired) electrons. The van der Waals surface area contributed by atoms with Crippen LogP contribution < -0.4 is 0 Å². The van der Waals surface area contributed by atoms with Crippen LogP contribution in [0.5, 0.6) is 0 Å².